The van der Waals surface area contributed by atoms with Crippen LogP contribution in [0.4, 0.5) is 0 Å². The Balaban J connectivity index is 1.51. The standard InChI is InChI=1S/C21H18N4O7/c26-17-5-8-25(21(29)24-17)18-9-15(32-20(28)14-4-2-7-23-11-14)16(31-18)12-30-19(27)13-3-1-6-22-10-13/h1-8,10-11,15-16,18H,9,12H2,(H,24,26,29)/t15-,16+,18+/m0/s1. The van der Waals surface area contributed by atoms with Crippen molar-refractivity contribution >= 4 is 11.9 Å². The van der Waals surface area contributed by atoms with E-state index in [2.05, 4.69) is 15.0 Å². The predicted octanol–water partition coefficient (Wildman–Crippen LogP) is 0.697. The number of hydrogen-bond donors (Lipinski definition) is 1. The number of esters is 2. The summed E-state index contributed by atoms with van der Waals surface area (Å²) in [6.07, 6.45) is 4.65. The van der Waals surface area contributed by atoms with Gasteiger partial charge >= 0.3 is 17.6 Å². The van der Waals surface area contributed by atoms with Crippen molar-refractivity contribution in [1.82, 2.24) is 19.5 Å². The van der Waals surface area contributed by atoms with Crippen LogP contribution in [0, 0.1) is 0 Å². The smallest absolute Gasteiger partial charge is 0.340 e. The summed E-state index contributed by atoms with van der Waals surface area (Å²) in [6, 6.07) is 7.47. The number of aromatic nitrogens is 4. The average Bonchev–Trinajstić information content (AvgIpc) is 3.20. The number of rotatable bonds is 6. The first kappa shape index (κ1) is 21.1. The molecule has 0 spiro atoms. The highest BCUT2D eigenvalue weighted by atomic mass is 16.6. The first-order valence-corrected chi connectivity index (χ1v) is 9.66. The molecular formula is C21H18N4O7. The van der Waals surface area contributed by atoms with Gasteiger partial charge in [0.1, 0.15) is 25.0 Å². The van der Waals surface area contributed by atoms with Crippen LogP contribution in [0.25, 0.3) is 0 Å². The summed E-state index contributed by atoms with van der Waals surface area (Å²) in [5.74, 6) is -1.26. The van der Waals surface area contributed by atoms with E-state index in [4.69, 9.17) is 14.2 Å². The third kappa shape index (κ3) is 4.78. The number of carbonyl (C=O) groups is 2. The largest absolute Gasteiger partial charge is 0.459 e. The third-order valence-corrected chi connectivity index (χ3v) is 4.77. The molecule has 164 valence electrons. The van der Waals surface area contributed by atoms with Gasteiger partial charge in [-0.3, -0.25) is 24.3 Å². The highest BCUT2D eigenvalue weighted by Gasteiger charge is 2.40. The SMILES string of the molecule is O=C(OC[C@H]1O[C@@H](n2ccc(=O)[nH]c2=O)C[C@@H]1OC(=O)c1cccnc1)c1cccnc1. The second kappa shape index (κ2) is 9.35. The molecule has 1 aliphatic rings. The molecule has 32 heavy (non-hydrogen) atoms. The monoisotopic (exact) mass is 438 g/mol. The Morgan fingerprint density at radius 1 is 1.06 bits per heavy atom. The summed E-state index contributed by atoms with van der Waals surface area (Å²) in [5.41, 5.74) is -0.732. The Labute approximate surface area is 180 Å². The maximum Gasteiger partial charge on any atom is 0.340 e. The van der Waals surface area contributed by atoms with Crippen LogP contribution in [0.2, 0.25) is 0 Å². The maximum atomic E-state index is 12.5. The molecule has 0 saturated carbocycles. The molecule has 3 aromatic heterocycles. The number of nitrogens with one attached hydrogen (secondary N) is 1. The maximum absolute atomic E-state index is 12.5. The van der Waals surface area contributed by atoms with Gasteiger partial charge in [-0.05, 0) is 24.3 Å². The Hall–Kier alpha value is -4.12. The molecule has 1 aliphatic heterocycles. The fourth-order valence-corrected chi connectivity index (χ4v) is 3.21. The first-order valence-electron chi connectivity index (χ1n) is 9.66. The molecule has 0 amide bonds. The summed E-state index contributed by atoms with van der Waals surface area (Å²) >= 11 is 0. The molecule has 1 N–H and O–H groups in total. The Kier molecular flexibility index (Phi) is 6.17. The number of hydrogen-bond acceptors (Lipinski definition) is 9. The normalized spacial score (nSPS) is 19.9. The molecule has 0 bridgehead atoms. The first-order chi connectivity index (χ1) is 15.5. The van der Waals surface area contributed by atoms with Crippen molar-refractivity contribution < 1.29 is 23.8 Å². The third-order valence-electron chi connectivity index (χ3n) is 4.77. The molecule has 0 aliphatic carbocycles. The molecule has 11 nitrogen and oxygen atoms in total. The predicted molar refractivity (Wildman–Crippen MR) is 108 cm³/mol. The van der Waals surface area contributed by atoms with Gasteiger partial charge in [0.05, 0.1) is 11.1 Å². The van der Waals surface area contributed by atoms with Gasteiger partial charge in [0.25, 0.3) is 5.56 Å². The number of H-pyrrole nitrogens is 1. The van der Waals surface area contributed by atoms with Crippen LogP contribution in [0.1, 0.15) is 33.4 Å². The van der Waals surface area contributed by atoms with Gasteiger partial charge in [-0.2, -0.15) is 0 Å². The average molecular weight is 438 g/mol. The van der Waals surface area contributed by atoms with Gasteiger partial charge in [-0.15, -0.1) is 0 Å². The van der Waals surface area contributed by atoms with Crippen molar-refractivity contribution in [1.29, 1.82) is 0 Å². The second-order valence-corrected chi connectivity index (χ2v) is 6.91. The highest BCUT2D eigenvalue weighted by Crippen LogP contribution is 2.30. The van der Waals surface area contributed by atoms with Crippen molar-refractivity contribution in [2.24, 2.45) is 0 Å². The van der Waals surface area contributed by atoms with E-state index in [1.807, 2.05) is 0 Å². The fraction of sp³-hybridized carbons (Fsp3) is 0.238. The van der Waals surface area contributed by atoms with Crippen LogP contribution in [0.3, 0.4) is 0 Å². The molecule has 11 heteroatoms. The molecule has 4 heterocycles. The van der Waals surface area contributed by atoms with E-state index in [0.29, 0.717) is 0 Å². The highest BCUT2D eigenvalue weighted by molar-refractivity contribution is 5.89. The minimum Gasteiger partial charge on any atom is -0.459 e. The Morgan fingerprint density at radius 2 is 1.75 bits per heavy atom. The lowest BCUT2D eigenvalue weighted by atomic mass is 10.1. The van der Waals surface area contributed by atoms with Gasteiger partial charge in [0.15, 0.2) is 0 Å². The van der Waals surface area contributed by atoms with Crippen LogP contribution >= 0.6 is 0 Å². The fourth-order valence-electron chi connectivity index (χ4n) is 3.21. The molecule has 4 rings (SSSR count). The molecule has 3 atom stereocenters. The van der Waals surface area contributed by atoms with Gasteiger partial charge in [0, 0.05) is 43.5 Å². The van der Waals surface area contributed by atoms with Crippen LogP contribution in [-0.2, 0) is 14.2 Å². The van der Waals surface area contributed by atoms with E-state index in [1.165, 1.54) is 41.6 Å². The van der Waals surface area contributed by atoms with E-state index >= 15 is 0 Å². The lowest BCUT2D eigenvalue weighted by molar-refractivity contribution is -0.0582. The van der Waals surface area contributed by atoms with Crippen molar-refractivity contribution in [2.45, 2.75) is 24.9 Å². The molecule has 3 aromatic rings. The number of aromatic amines is 1. The molecule has 1 fully saturated rings. The lowest BCUT2D eigenvalue weighted by Gasteiger charge is -2.18. The zero-order valence-electron chi connectivity index (χ0n) is 16.6. The van der Waals surface area contributed by atoms with Crippen molar-refractivity contribution in [3.63, 3.8) is 0 Å². The molecule has 0 radical (unpaired) electrons. The summed E-state index contributed by atoms with van der Waals surface area (Å²) in [5, 5.41) is 0. The summed E-state index contributed by atoms with van der Waals surface area (Å²) in [6.45, 7) is -0.229. The van der Waals surface area contributed by atoms with Gasteiger partial charge < -0.3 is 14.2 Å². The topological polar surface area (TPSA) is 142 Å². The lowest BCUT2D eigenvalue weighted by Crippen LogP contribution is -2.32. The minimum atomic E-state index is -0.847. The van der Waals surface area contributed by atoms with Gasteiger partial charge in [-0.25, -0.2) is 14.4 Å². The van der Waals surface area contributed by atoms with Crippen molar-refractivity contribution in [3.05, 3.63) is 93.3 Å². The summed E-state index contributed by atoms with van der Waals surface area (Å²) in [4.78, 5) is 58.2. The quantitative estimate of drug-likeness (QED) is 0.550. The van der Waals surface area contributed by atoms with E-state index in [1.54, 1.807) is 24.3 Å². The van der Waals surface area contributed by atoms with E-state index < -0.39 is 41.6 Å². The second-order valence-electron chi connectivity index (χ2n) is 6.91. The zero-order chi connectivity index (χ0) is 22.5. The number of ether oxygens (including phenoxy) is 3. The number of nitrogens with zero attached hydrogens (tertiary/aromatic N) is 3. The van der Waals surface area contributed by atoms with Gasteiger partial charge in [0.2, 0.25) is 0 Å². The molecule has 1 saturated heterocycles. The number of carbonyl (C=O) groups excluding carboxylic acids is 2. The van der Waals surface area contributed by atoms with Crippen molar-refractivity contribution in [2.75, 3.05) is 6.61 Å². The summed E-state index contributed by atoms with van der Waals surface area (Å²) < 4.78 is 17.9. The van der Waals surface area contributed by atoms with E-state index in [9.17, 15) is 19.2 Å². The van der Waals surface area contributed by atoms with Crippen LogP contribution in [-0.4, -0.2) is 50.3 Å². The van der Waals surface area contributed by atoms with E-state index in [-0.39, 0.29) is 24.2 Å². The zero-order valence-corrected chi connectivity index (χ0v) is 16.6. The Bertz CT molecular complexity index is 1210. The van der Waals surface area contributed by atoms with Gasteiger partial charge in [-0.1, -0.05) is 0 Å². The Morgan fingerprint density at radius 3 is 2.38 bits per heavy atom. The van der Waals surface area contributed by atoms with Crippen LogP contribution < -0.4 is 11.2 Å². The molecule has 0 unspecified atom stereocenters. The van der Waals surface area contributed by atoms with E-state index in [0.717, 1.165) is 0 Å². The van der Waals surface area contributed by atoms with Crippen LogP contribution in [0.15, 0.2) is 70.9 Å². The van der Waals surface area contributed by atoms with Crippen LogP contribution in [0.5, 0.6) is 0 Å². The van der Waals surface area contributed by atoms with Crippen molar-refractivity contribution in [3.8, 4) is 0 Å². The molecule has 0 aromatic carbocycles. The molecular weight excluding hydrogens is 420 g/mol. The summed E-state index contributed by atoms with van der Waals surface area (Å²) in [7, 11) is 0. The minimum absolute atomic E-state index is 0.104. The number of pyridine rings is 2.